The van der Waals surface area contributed by atoms with Gasteiger partial charge in [0.1, 0.15) is 0 Å². The molecule has 0 spiro atoms. The molecule has 9 heteroatoms. The van der Waals surface area contributed by atoms with Crippen molar-refractivity contribution in [1.82, 2.24) is 9.62 Å². The van der Waals surface area contributed by atoms with Gasteiger partial charge in [-0.05, 0) is 30.3 Å². The molecule has 0 unspecified atom stereocenters. The van der Waals surface area contributed by atoms with Gasteiger partial charge in [0.2, 0.25) is 15.9 Å². The van der Waals surface area contributed by atoms with E-state index in [4.69, 9.17) is 0 Å². The number of nitrogens with zero attached hydrogens (tertiary/aromatic N) is 1. The van der Waals surface area contributed by atoms with Gasteiger partial charge in [0.25, 0.3) is 0 Å². The molecule has 0 heterocycles. The van der Waals surface area contributed by atoms with Crippen LogP contribution < -0.4 is 16.0 Å². The highest BCUT2D eigenvalue weighted by atomic mass is 32.2. The third kappa shape index (κ3) is 5.80. The van der Waals surface area contributed by atoms with E-state index in [-0.39, 0.29) is 11.4 Å². The third-order valence-corrected chi connectivity index (χ3v) is 5.96. The van der Waals surface area contributed by atoms with Gasteiger partial charge in [0, 0.05) is 24.5 Å². The Morgan fingerprint density at radius 3 is 2.21 bits per heavy atom. The van der Waals surface area contributed by atoms with Crippen molar-refractivity contribution >= 4 is 33.3 Å². The second-order valence-electron chi connectivity index (χ2n) is 5.84. The molecule has 3 amide bonds. The number of para-hydroxylation sites is 1. The molecule has 0 fully saturated rings. The van der Waals surface area contributed by atoms with Gasteiger partial charge in [-0.15, -0.1) is 0 Å². The van der Waals surface area contributed by atoms with Gasteiger partial charge in [0.15, 0.2) is 0 Å². The fourth-order valence-electron chi connectivity index (χ4n) is 2.52. The highest BCUT2D eigenvalue weighted by Gasteiger charge is 2.21. The van der Waals surface area contributed by atoms with Crippen molar-refractivity contribution in [3.05, 3.63) is 54.6 Å². The average molecular weight is 404 g/mol. The van der Waals surface area contributed by atoms with Gasteiger partial charge in [-0.25, -0.2) is 13.2 Å². The summed E-state index contributed by atoms with van der Waals surface area (Å²) in [5.74, 6) is -0.551. The first-order valence-electron chi connectivity index (χ1n) is 8.86. The van der Waals surface area contributed by atoms with E-state index in [2.05, 4.69) is 16.0 Å². The lowest BCUT2D eigenvalue weighted by atomic mass is 10.3. The lowest BCUT2D eigenvalue weighted by Crippen LogP contribution is -2.38. The van der Waals surface area contributed by atoms with Crippen LogP contribution in [-0.4, -0.2) is 44.3 Å². The molecule has 150 valence electrons. The highest BCUT2D eigenvalue weighted by molar-refractivity contribution is 7.89. The number of imide groups is 1. The van der Waals surface area contributed by atoms with Crippen LogP contribution in [0.2, 0.25) is 0 Å². The van der Waals surface area contributed by atoms with Crippen molar-refractivity contribution in [2.24, 2.45) is 0 Å². The Bertz CT molecular complexity index is 913. The summed E-state index contributed by atoms with van der Waals surface area (Å²) < 4.78 is 26.5. The van der Waals surface area contributed by atoms with E-state index in [0.717, 1.165) is 0 Å². The smallest absolute Gasteiger partial charge is 0.325 e. The molecule has 0 saturated carbocycles. The van der Waals surface area contributed by atoms with Crippen LogP contribution in [0, 0.1) is 0 Å². The maximum Gasteiger partial charge on any atom is 0.325 e. The Kier molecular flexibility index (Phi) is 7.53. The normalized spacial score (nSPS) is 11.1. The Morgan fingerprint density at radius 2 is 1.57 bits per heavy atom. The molecule has 0 aliphatic heterocycles. The van der Waals surface area contributed by atoms with Crippen LogP contribution >= 0.6 is 0 Å². The van der Waals surface area contributed by atoms with Gasteiger partial charge < -0.3 is 10.6 Å². The Labute approximate surface area is 165 Å². The Hall–Kier alpha value is -2.91. The SMILES string of the molecule is CCN(CC)S(=O)(=O)c1cccc(NCC(=O)NC(=O)Nc2ccccc2)c1. The number of nitrogens with one attached hydrogen (secondary N) is 3. The number of amides is 3. The van der Waals surface area contributed by atoms with E-state index >= 15 is 0 Å². The van der Waals surface area contributed by atoms with Crippen molar-refractivity contribution in [2.75, 3.05) is 30.3 Å². The van der Waals surface area contributed by atoms with Crippen LogP contribution in [0.15, 0.2) is 59.5 Å². The topological polar surface area (TPSA) is 108 Å². The summed E-state index contributed by atoms with van der Waals surface area (Å²) in [5.41, 5.74) is 1.03. The molecule has 3 N–H and O–H groups in total. The number of anilines is 2. The molecule has 0 bridgehead atoms. The van der Waals surface area contributed by atoms with Crippen LogP contribution in [-0.2, 0) is 14.8 Å². The van der Waals surface area contributed by atoms with Crippen LogP contribution in [0.4, 0.5) is 16.2 Å². The van der Waals surface area contributed by atoms with Crippen molar-refractivity contribution in [3.63, 3.8) is 0 Å². The third-order valence-electron chi connectivity index (χ3n) is 3.91. The molecule has 8 nitrogen and oxygen atoms in total. The first kappa shape index (κ1) is 21.4. The van der Waals surface area contributed by atoms with E-state index in [9.17, 15) is 18.0 Å². The largest absolute Gasteiger partial charge is 0.376 e. The molecule has 0 aromatic heterocycles. The molecule has 0 radical (unpaired) electrons. The van der Waals surface area contributed by atoms with Crippen LogP contribution in [0.25, 0.3) is 0 Å². The van der Waals surface area contributed by atoms with Crippen molar-refractivity contribution < 1.29 is 18.0 Å². The number of carbonyl (C=O) groups is 2. The lowest BCUT2D eigenvalue weighted by Gasteiger charge is -2.19. The zero-order chi connectivity index (χ0) is 20.6. The molecule has 28 heavy (non-hydrogen) atoms. The fraction of sp³-hybridized carbons (Fsp3) is 0.263. The second-order valence-corrected chi connectivity index (χ2v) is 7.78. The summed E-state index contributed by atoms with van der Waals surface area (Å²) in [4.78, 5) is 23.9. The van der Waals surface area contributed by atoms with Gasteiger partial charge in [-0.3, -0.25) is 10.1 Å². The number of carbonyl (C=O) groups excluding carboxylic acids is 2. The highest BCUT2D eigenvalue weighted by Crippen LogP contribution is 2.19. The van der Waals surface area contributed by atoms with E-state index in [1.54, 1.807) is 50.2 Å². The molecule has 0 aliphatic rings. The standard InChI is InChI=1S/C19H24N4O4S/c1-3-23(4-2)28(26,27)17-12-8-11-16(13-17)20-14-18(24)22-19(25)21-15-9-6-5-7-10-15/h5-13,20H,3-4,14H2,1-2H3,(H2,21,22,24,25). The minimum Gasteiger partial charge on any atom is -0.376 e. The lowest BCUT2D eigenvalue weighted by molar-refractivity contribution is -0.118. The quantitative estimate of drug-likeness (QED) is 0.626. The van der Waals surface area contributed by atoms with Gasteiger partial charge in [-0.2, -0.15) is 4.31 Å². The van der Waals surface area contributed by atoms with E-state index in [1.807, 2.05) is 6.07 Å². The minimum absolute atomic E-state index is 0.142. The molecule has 2 rings (SSSR count). The fourth-order valence-corrected chi connectivity index (χ4v) is 4.02. The molecule has 0 saturated heterocycles. The summed E-state index contributed by atoms with van der Waals surface area (Å²) in [6, 6.07) is 14.3. The predicted octanol–water partition coefficient (Wildman–Crippen LogP) is 2.48. The second kappa shape index (κ2) is 9.86. The summed E-state index contributed by atoms with van der Waals surface area (Å²) in [5, 5.41) is 7.57. The van der Waals surface area contributed by atoms with E-state index in [1.165, 1.54) is 16.4 Å². The molecule has 0 atom stereocenters. The monoisotopic (exact) mass is 404 g/mol. The van der Waals surface area contributed by atoms with Crippen LogP contribution in [0.1, 0.15) is 13.8 Å². The molecule has 0 aliphatic carbocycles. The number of hydrogen-bond acceptors (Lipinski definition) is 5. The summed E-state index contributed by atoms with van der Waals surface area (Å²) in [6.07, 6.45) is 0. The Morgan fingerprint density at radius 1 is 0.929 bits per heavy atom. The van der Waals surface area contributed by atoms with Gasteiger partial charge >= 0.3 is 6.03 Å². The molecule has 2 aromatic rings. The van der Waals surface area contributed by atoms with Crippen molar-refractivity contribution in [2.45, 2.75) is 18.7 Å². The van der Waals surface area contributed by atoms with Crippen LogP contribution in [0.5, 0.6) is 0 Å². The van der Waals surface area contributed by atoms with Gasteiger partial charge in [-0.1, -0.05) is 38.1 Å². The van der Waals surface area contributed by atoms with Crippen molar-refractivity contribution in [1.29, 1.82) is 0 Å². The van der Waals surface area contributed by atoms with E-state index < -0.39 is 22.0 Å². The molecular weight excluding hydrogens is 380 g/mol. The zero-order valence-electron chi connectivity index (χ0n) is 15.8. The first-order chi connectivity index (χ1) is 13.4. The number of benzene rings is 2. The number of urea groups is 1. The molecule has 2 aromatic carbocycles. The summed E-state index contributed by atoms with van der Waals surface area (Å²) in [6.45, 7) is 4.10. The Balaban J connectivity index is 1.94. The maximum atomic E-state index is 12.6. The van der Waals surface area contributed by atoms with Gasteiger partial charge in [0.05, 0.1) is 11.4 Å². The van der Waals surface area contributed by atoms with Crippen LogP contribution in [0.3, 0.4) is 0 Å². The number of hydrogen-bond donors (Lipinski definition) is 3. The number of rotatable bonds is 8. The summed E-state index contributed by atoms with van der Waals surface area (Å²) >= 11 is 0. The molecular formula is C19H24N4O4S. The maximum absolute atomic E-state index is 12.6. The minimum atomic E-state index is -3.59. The summed E-state index contributed by atoms with van der Waals surface area (Å²) in [7, 11) is -3.59. The number of sulfonamides is 1. The predicted molar refractivity (Wildman–Crippen MR) is 109 cm³/mol. The first-order valence-corrected chi connectivity index (χ1v) is 10.3. The van der Waals surface area contributed by atoms with Crippen molar-refractivity contribution in [3.8, 4) is 0 Å². The average Bonchev–Trinajstić information content (AvgIpc) is 2.68. The van der Waals surface area contributed by atoms with E-state index in [0.29, 0.717) is 24.5 Å². The zero-order valence-corrected chi connectivity index (χ0v) is 16.6.